The number of aryl methyl sites for hydroxylation is 1. The van der Waals surface area contributed by atoms with Crippen LogP contribution in [0.5, 0.6) is 0 Å². The highest BCUT2D eigenvalue weighted by molar-refractivity contribution is 7.98. The molecule has 84 valence electrons. The first kappa shape index (κ1) is 11.5. The number of thiol groups is 1. The van der Waals surface area contributed by atoms with E-state index >= 15 is 0 Å². The average molecular weight is 242 g/mol. The van der Waals surface area contributed by atoms with Crippen LogP contribution in [0.1, 0.15) is 24.2 Å². The molecule has 1 atom stereocenters. The lowest BCUT2D eigenvalue weighted by Crippen LogP contribution is -2.08. The van der Waals surface area contributed by atoms with Crippen molar-refractivity contribution in [1.82, 2.24) is 0 Å². The first-order chi connectivity index (χ1) is 7.31. The van der Waals surface area contributed by atoms with Gasteiger partial charge in [-0.05, 0) is 54.7 Å². The second-order valence-corrected chi connectivity index (χ2v) is 5.72. The second kappa shape index (κ2) is 5.35. The van der Waals surface area contributed by atoms with Crippen molar-refractivity contribution in [2.24, 2.45) is 11.8 Å². The normalized spacial score (nSPS) is 18.0. The highest BCUT2D eigenvalue weighted by Crippen LogP contribution is 2.39. The maximum atomic E-state index is 5.42. The first-order valence-corrected chi connectivity index (χ1v) is 7.31. The van der Waals surface area contributed by atoms with E-state index in [2.05, 4.69) is 19.6 Å². The van der Waals surface area contributed by atoms with Gasteiger partial charge in [0.25, 0.3) is 0 Å². The molecule has 1 unspecified atom stereocenters. The van der Waals surface area contributed by atoms with Crippen molar-refractivity contribution >= 4 is 24.4 Å². The molecule has 0 aliphatic heterocycles. The molecule has 0 N–H and O–H groups in total. The van der Waals surface area contributed by atoms with Crippen molar-refractivity contribution in [3.8, 4) is 0 Å². The lowest BCUT2D eigenvalue weighted by Gasteiger charge is -2.11. The summed E-state index contributed by atoms with van der Waals surface area (Å²) in [6.07, 6.45) is 4.62. The summed E-state index contributed by atoms with van der Waals surface area (Å²) in [5, 5.41) is 0. The van der Waals surface area contributed by atoms with E-state index in [1.165, 1.54) is 24.2 Å². The summed E-state index contributed by atoms with van der Waals surface area (Å²) in [4.78, 5) is 0. The van der Waals surface area contributed by atoms with Crippen LogP contribution in [-0.2, 0) is 5.75 Å². The van der Waals surface area contributed by atoms with Gasteiger partial charge in [0.05, 0.1) is 12.0 Å². The van der Waals surface area contributed by atoms with Crippen LogP contribution in [0.25, 0.3) is 0 Å². The molecule has 1 heterocycles. The summed E-state index contributed by atoms with van der Waals surface area (Å²) >= 11 is 6.41. The smallest absolute Gasteiger partial charge is 0.116 e. The molecule has 3 heteroatoms. The van der Waals surface area contributed by atoms with Crippen molar-refractivity contribution < 1.29 is 4.42 Å². The van der Waals surface area contributed by atoms with Crippen molar-refractivity contribution in [3.63, 3.8) is 0 Å². The third kappa shape index (κ3) is 3.22. The van der Waals surface area contributed by atoms with E-state index in [1.807, 2.05) is 17.8 Å². The summed E-state index contributed by atoms with van der Waals surface area (Å²) < 4.78 is 5.42. The predicted octanol–water partition coefficient (Wildman–Crippen LogP) is 3.78. The molecule has 0 saturated heterocycles. The van der Waals surface area contributed by atoms with Crippen LogP contribution in [0.3, 0.4) is 0 Å². The van der Waals surface area contributed by atoms with Gasteiger partial charge in [-0.15, -0.1) is 0 Å². The minimum absolute atomic E-state index is 0.814. The molecular weight excluding hydrogens is 224 g/mol. The Morgan fingerprint density at radius 3 is 2.93 bits per heavy atom. The molecule has 0 amide bonds. The second-order valence-electron chi connectivity index (χ2n) is 4.32. The summed E-state index contributed by atoms with van der Waals surface area (Å²) in [6, 6.07) is 2.03. The Hall–Kier alpha value is -0.0200. The van der Waals surface area contributed by atoms with Gasteiger partial charge in [0, 0.05) is 0 Å². The van der Waals surface area contributed by atoms with Gasteiger partial charge in [-0.3, -0.25) is 0 Å². The maximum Gasteiger partial charge on any atom is 0.116 e. The Morgan fingerprint density at radius 2 is 2.40 bits per heavy atom. The molecule has 1 fully saturated rings. The third-order valence-corrected chi connectivity index (χ3v) is 4.66. The van der Waals surface area contributed by atoms with Crippen LogP contribution in [0.15, 0.2) is 16.7 Å². The van der Waals surface area contributed by atoms with Crippen LogP contribution in [0.2, 0.25) is 0 Å². The fourth-order valence-corrected chi connectivity index (χ4v) is 3.65. The van der Waals surface area contributed by atoms with Crippen LogP contribution >= 0.6 is 24.4 Å². The number of thioether (sulfide) groups is 1. The van der Waals surface area contributed by atoms with Gasteiger partial charge in [-0.25, -0.2) is 0 Å². The van der Waals surface area contributed by atoms with Crippen LogP contribution < -0.4 is 0 Å². The fraction of sp³-hybridized carbons (Fsp3) is 0.667. The molecule has 0 spiro atoms. The van der Waals surface area contributed by atoms with Crippen molar-refractivity contribution in [3.05, 3.63) is 23.7 Å². The minimum Gasteiger partial charge on any atom is -0.468 e. The zero-order valence-corrected chi connectivity index (χ0v) is 10.8. The monoisotopic (exact) mass is 242 g/mol. The number of furan rings is 1. The van der Waals surface area contributed by atoms with E-state index in [9.17, 15) is 0 Å². The Morgan fingerprint density at radius 1 is 1.60 bits per heavy atom. The van der Waals surface area contributed by atoms with Gasteiger partial charge in [-0.2, -0.15) is 24.4 Å². The van der Waals surface area contributed by atoms with E-state index in [4.69, 9.17) is 4.42 Å². The summed E-state index contributed by atoms with van der Waals surface area (Å²) in [5.41, 5.74) is 1.27. The van der Waals surface area contributed by atoms with Crippen LogP contribution in [-0.4, -0.2) is 11.5 Å². The quantitative estimate of drug-likeness (QED) is 0.763. The van der Waals surface area contributed by atoms with E-state index < -0.39 is 0 Å². The standard InChI is InChI=1S/C12H18OS2/c1-9-4-5-13-12(9)8-15-7-11(6-14)10-2-3-10/h4-5,10-11,14H,2-3,6-8H2,1H3. The molecule has 1 aliphatic rings. The van der Waals surface area contributed by atoms with E-state index in [0.29, 0.717) is 0 Å². The molecule has 0 aromatic carbocycles. The van der Waals surface area contributed by atoms with Gasteiger partial charge in [-0.1, -0.05) is 0 Å². The topological polar surface area (TPSA) is 13.1 Å². The molecule has 0 radical (unpaired) electrons. The number of hydrogen-bond donors (Lipinski definition) is 1. The molecule has 2 rings (SSSR count). The number of hydrogen-bond acceptors (Lipinski definition) is 3. The van der Waals surface area contributed by atoms with Gasteiger partial charge in [0.15, 0.2) is 0 Å². The van der Waals surface area contributed by atoms with E-state index in [-0.39, 0.29) is 0 Å². The van der Waals surface area contributed by atoms with Gasteiger partial charge in [0.1, 0.15) is 5.76 Å². The maximum absolute atomic E-state index is 5.42. The minimum atomic E-state index is 0.814. The van der Waals surface area contributed by atoms with E-state index in [1.54, 1.807) is 6.26 Å². The van der Waals surface area contributed by atoms with Gasteiger partial charge >= 0.3 is 0 Å². The SMILES string of the molecule is Cc1ccoc1CSCC(CS)C1CC1. The molecule has 1 aliphatic carbocycles. The zero-order valence-electron chi connectivity index (χ0n) is 9.11. The Bertz CT molecular complexity index is 304. The highest BCUT2D eigenvalue weighted by atomic mass is 32.2. The Balaban J connectivity index is 1.72. The Labute approximate surface area is 101 Å². The highest BCUT2D eigenvalue weighted by Gasteiger charge is 2.29. The summed E-state index contributed by atoms with van der Waals surface area (Å²) in [7, 11) is 0. The first-order valence-electron chi connectivity index (χ1n) is 5.53. The zero-order chi connectivity index (χ0) is 10.7. The van der Waals surface area contributed by atoms with Gasteiger partial charge < -0.3 is 4.42 Å². The van der Waals surface area contributed by atoms with Crippen molar-refractivity contribution in [2.45, 2.75) is 25.5 Å². The van der Waals surface area contributed by atoms with Gasteiger partial charge in [0.2, 0.25) is 0 Å². The average Bonchev–Trinajstić information content (AvgIpc) is 2.99. The molecule has 1 aromatic rings. The van der Waals surface area contributed by atoms with Crippen molar-refractivity contribution in [1.29, 1.82) is 0 Å². The van der Waals surface area contributed by atoms with Crippen LogP contribution in [0.4, 0.5) is 0 Å². The molecule has 1 aromatic heterocycles. The van der Waals surface area contributed by atoms with E-state index in [0.717, 1.165) is 29.1 Å². The Kier molecular flexibility index (Phi) is 4.09. The molecule has 1 saturated carbocycles. The molecule has 1 nitrogen and oxygen atoms in total. The van der Waals surface area contributed by atoms with Crippen LogP contribution in [0, 0.1) is 18.8 Å². The van der Waals surface area contributed by atoms with Crippen molar-refractivity contribution in [2.75, 3.05) is 11.5 Å². The molecule has 15 heavy (non-hydrogen) atoms. The third-order valence-electron chi connectivity index (χ3n) is 3.06. The molecular formula is C12H18OS2. The molecule has 0 bridgehead atoms. The lowest BCUT2D eigenvalue weighted by atomic mass is 10.1. The summed E-state index contributed by atoms with van der Waals surface area (Å²) in [6.45, 7) is 2.11. The lowest BCUT2D eigenvalue weighted by molar-refractivity contribution is 0.527. The summed E-state index contributed by atoms with van der Waals surface area (Å²) in [5.74, 6) is 6.19. The number of rotatable bonds is 6. The predicted molar refractivity (Wildman–Crippen MR) is 69.7 cm³/mol. The fourth-order valence-electron chi connectivity index (χ4n) is 1.76. The largest absolute Gasteiger partial charge is 0.468 e.